The molecular formula is C9H14O3. The number of allylic oxidation sites excluding steroid dienone is 1. The maximum atomic E-state index is 11.0. The highest BCUT2D eigenvalue weighted by atomic mass is 16.3. The van der Waals surface area contributed by atoms with Crippen LogP contribution in [0.25, 0.3) is 0 Å². The molecule has 1 rings (SSSR count). The molecule has 0 aliphatic heterocycles. The van der Waals surface area contributed by atoms with Gasteiger partial charge in [-0.25, -0.2) is 0 Å². The molecule has 0 radical (unpaired) electrons. The summed E-state index contributed by atoms with van der Waals surface area (Å²) in [6, 6.07) is 0. The average Bonchev–Trinajstić information content (AvgIpc) is 2.30. The van der Waals surface area contributed by atoms with Crippen molar-refractivity contribution in [2.24, 2.45) is 5.92 Å². The zero-order valence-electron chi connectivity index (χ0n) is 6.94. The van der Waals surface area contributed by atoms with E-state index in [1.54, 1.807) is 6.08 Å². The van der Waals surface area contributed by atoms with Gasteiger partial charge in [0.25, 0.3) is 0 Å². The van der Waals surface area contributed by atoms with Crippen molar-refractivity contribution >= 4 is 5.78 Å². The third-order valence-electron chi connectivity index (χ3n) is 2.33. The quantitative estimate of drug-likeness (QED) is 0.597. The van der Waals surface area contributed by atoms with Crippen LogP contribution in [0, 0.1) is 5.92 Å². The van der Waals surface area contributed by atoms with Crippen LogP contribution < -0.4 is 0 Å². The molecule has 3 unspecified atom stereocenters. The van der Waals surface area contributed by atoms with Crippen LogP contribution in [-0.2, 0) is 4.79 Å². The second kappa shape index (κ2) is 3.83. The molecule has 2 N–H and O–H groups in total. The van der Waals surface area contributed by atoms with E-state index in [4.69, 9.17) is 5.11 Å². The smallest absolute Gasteiger partial charge is 0.189 e. The maximum Gasteiger partial charge on any atom is 0.189 e. The van der Waals surface area contributed by atoms with Crippen LogP contribution in [0.4, 0.5) is 0 Å². The molecule has 3 nitrogen and oxygen atoms in total. The van der Waals surface area contributed by atoms with Crippen LogP contribution in [0.5, 0.6) is 0 Å². The Kier molecular flexibility index (Phi) is 3.00. The van der Waals surface area contributed by atoms with Crippen molar-refractivity contribution in [3.63, 3.8) is 0 Å². The molecule has 1 aliphatic rings. The Morgan fingerprint density at radius 1 is 1.58 bits per heavy atom. The molecular weight excluding hydrogens is 156 g/mol. The molecule has 3 heteroatoms. The van der Waals surface area contributed by atoms with Crippen molar-refractivity contribution in [2.45, 2.75) is 31.5 Å². The van der Waals surface area contributed by atoms with E-state index in [1.807, 2.05) is 0 Å². The van der Waals surface area contributed by atoms with E-state index in [-0.39, 0.29) is 5.92 Å². The summed E-state index contributed by atoms with van der Waals surface area (Å²) in [6.45, 7) is 3.56. The van der Waals surface area contributed by atoms with Crippen molar-refractivity contribution in [3.8, 4) is 0 Å². The molecule has 12 heavy (non-hydrogen) atoms. The average molecular weight is 170 g/mol. The molecule has 1 saturated carbocycles. The fourth-order valence-electron chi connectivity index (χ4n) is 1.57. The van der Waals surface area contributed by atoms with Crippen LogP contribution in [0.3, 0.4) is 0 Å². The Morgan fingerprint density at radius 3 is 2.67 bits per heavy atom. The Morgan fingerprint density at radius 2 is 2.25 bits per heavy atom. The topological polar surface area (TPSA) is 57.5 Å². The molecule has 1 fully saturated rings. The molecule has 0 aromatic heterocycles. The van der Waals surface area contributed by atoms with Gasteiger partial charge in [-0.15, -0.1) is 6.58 Å². The van der Waals surface area contributed by atoms with Crippen molar-refractivity contribution in [1.82, 2.24) is 0 Å². The summed E-state index contributed by atoms with van der Waals surface area (Å²) in [5, 5.41) is 18.4. The highest BCUT2D eigenvalue weighted by molar-refractivity contribution is 5.89. The zero-order valence-corrected chi connectivity index (χ0v) is 6.94. The predicted octanol–water partition coefficient (Wildman–Crippen LogP) is 0.263. The molecule has 3 atom stereocenters. The first-order valence-corrected chi connectivity index (χ1v) is 4.17. The van der Waals surface area contributed by atoms with Gasteiger partial charge in [-0.2, -0.15) is 0 Å². The first kappa shape index (κ1) is 9.42. The number of carbonyl (C=O) groups is 1. The van der Waals surface area contributed by atoms with Gasteiger partial charge in [0.2, 0.25) is 0 Å². The van der Waals surface area contributed by atoms with E-state index in [1.165, 1.54) is 0 Å². The summed E-state index contributed by atoms with van der Waals surface area (Å²) in [6.07, 6.45) is 1.75. The number of aliphatic hydroxyl groups excluding tert-OH is 2. The van der Waals surface area contributed by atoms with E-state index in [2.05, 4.69) is 6.58 Å². The van der Waals surface area contributed by atoms with Gasteiger partial charge in [-0.3, -0.25) is 4.79 Å². The number of carbonyl (C=O) groups excluding carboxylic acids is 1. The van der Waals surface area contributed by atoms with Gasteiger partial charge in [0.15, 0.2) is 5.78 Å². The largest absolute Gasteiger partial charge is 0.385 e. The maximum absolute atomic E-state index is 11.0. The molecule has 0 bridgehead atoms. The monoisotopic (exact) mass is 170 g/mol. The molecule has 1 aliphatic carbocycles. The molecule has 0 aromatic rings. The molecule has 0 spiro atoms. The Balaban J connectivity index is 2.46. The van der Waals surface area contributed by atoms with Crippen LogP contribution in [0.1, 0.15) is 19.3 Å². The predicted molar refractivity (Wildman–Crippen MR) is 44.6 cm³/mol. The minimum absolute atomic E-state index is 0.0782. The fraction of sp³-hybridized carbons (Fsp3) is 0.667. The lowest BCUT2D eigenvalue weighted by Gasteiger charge is -2.10. The Labute approximate surface area is 71.7 Å². The van der Waals surface area contributed by atoms with Crippen LogP contribution in [-0.4, -0.2) is 28.2 Å². The van der Waals surface area contributed by atoms with Gasteiger partial charge in [0, 0.05) is 0 Å². The first-order valence-electron chi connectivity index (χ1n) is 4.17. The summed E-state index contributed by atoms with van der Waals surface area (Å²) in [5.41, 5.74) is 0. The lowest BCUT2D eigenvalue weighted by atomic mass is 10.00. The van der Waals surface area contributed by atoms with Gasteiger partial charge in [-0.05, 0) is 25.2 Å². The zero-order chi connectivity index (χ0) is 9.14. The second-order valence-electron chi connectivity index (χ2n) is 3.22. The van der Waals surface area contributed by atoms with E-state index in [0.717, 1.165) is 12.8 Å². The molecule has 0 aromatic carbocycles. The normalized spacial score (nSPS) is 35.5. The van der Waals surface area contributed by atoms with Gasteiger partial charge >= 0.3 is 0 Å². The number of rotatable bonds is 3. The highest BCUT2D eigenvalue weighted by Gasteiger charge is 2.39. The summed E-state index contributed by atoms with van der Waals surface area (Å²) < 4.78 is 0. The van der Waals surface area contributed by atoms with Gasteiger partial charge < -0.3 is 10.2 Å². The first-order chi connectivity index (χ1) is 5.66. The molecule has 0 amide bonds. The number of aliphatic hydroxyl groups is 2. The van der Waals surface area contributed by atoms with Crippen LogP contribution in [0.2, 0.25) is 0 Å². The summed E-state index contributed by atoms with van der Waals surface area (Å²) in [7, 11) is 0. The van der Waals surface area contributed by atoms with Crippen molar-refractivity contribution in [1.29, 1.82) is 0 Å². The summed E-state index contributed by atoms with van der Waals surface area (Å²) in [4.78, 5) is 11.0. The SMILES string of the molecule is C=CCCC1CC(O)C(=O)C1O. The van der Waals surface area contributed by atoms with Gasteiger partial charge in [-0.1, -0.05) is 6.08 Å². The Bertz CT molecular complexity index is 188. The Hall–Kier alpha value is -0.670. The van der Waals surface area contributed by atoms with Crippen LogP contribution in [0.15, 0.2) is 12.7 Å². The lowest BCUT2D eigenvalue weighted by molar-refractivity contribution is -0.131. The third kappa shape index (κ3) is 1.73. The third-order valence-corrected chi connectivity index (χ3v) is 2.33. The second-order valence-corrected chi connectivity index (χ2v) is 3.22. The van der Waals surface area contributed by atoms with Crippen LogP contribution >= 0.6 is 0 Å². The highest BCUT2D eigenvalue weighted by Crippen LogP contribution is 2.27. The van der Waals surface area contributed by atoms with E-state index in [0.29, 0.717) is 6.42 Å². The molecule has 0 heterocycles. The number of hydrogen-bond acceptors (Lipinski definition) is 3. The number of hydrogen-bond donors (Lipinski definition) is 2. The number of ketones is 1. The fourth-order valence-corrected chi connectivity index (χ4v) is 1.57. The molecule has 0 saturated heterocycles. The van der Waals surface area contributed by atoms with E-state index < -0.39 is 18.0 Å². The van der Waals surface area contributed by atoms with E-state index >= 15 is 0 Å². The molecule has 68 valence electrons. The summed E-state index contributed by atoms with van der Waals surface area (Å²) in [5.74, 6) is -0.505. The van der Waals surface area contributed by atoms with Crippen molar-refractivity contribution in [2.75, 3.05) is 0 Å². The van der Waals surface area contributed by atoms with E-state index in [9.17, 15) is 9.90 Å². The van der Waals surface area contributed by atoms with Crippen molar-refractivity contribution < 1.29 is 15.0 Å². The number of Topliss-reactive ketones (excluding diaryl/α,β-unsaturated/α-hetero) is 1. The standard InChI is InChI=1S/C9H14O3/c1-2-3-4-6-5-7(10)9(12)8(6)11/h2,6-8,10-11H,1,3-5H2. The minimum atomic E-state index is -0.958. The van der Waals surface area contributed by atoms with Gasteiger partial charge in [0.1, 0.15) is 12.2 Å². The lowest BCUT2D eigenvalue weighted by Crippen LogP contribution is -2.24. The summed E-state index contributed by atoms with van der Waals surface area (Å²) >= 11 is 0. The minimum Gasteiger partial charge on any atom is -0.385 e. The van der Waals surface area contributed by atoms with Gasteiger partial charge in [0.05, 0.1) is 0 Å². The van der Waals surface area contributed by atoms with Crippen molar-refractivity contribution in [3.05, 3.63) is 12.7 Å².